The van der Waals surface area contributed by atoms with Crippen LogP contribution in [0.25, 0.3) is 0 Å². The first-order chi connectivity index (χ1) is 9.81. The Hall–Kier alpha value is -0.730. The highest BCUT2D eigenvalue weighted by atomic mass is 35.5. The molecule has 1 aliphatic rings. The molecule has 3 unspecified atom stereocenters. The van der Waals surface area contributed by atoms with Crippen molar-refractivity contribution in [2.45, 2.75) is 53.1 Å². The second-order valence-electron chi connectivity index (χ2n) is 7.44. The summed E-state index contributed by atoms with van der Waals surface area (Å²) < 4.78 is 6.28. The summed E-state index contributed by atoms with van der Waals surface area (Å²) in [5.74, 6) is 2.06. The maximum atomic E-state index is 6.28. The van der Waals surface area contributed by atoms with E-state index in [9.17, 15) is 0 Å². The Morgan fingerprint density at radius 3 is 2.57 bits per heavy atom. The van der Waals surface area contributed by atoms with Gasteiger partial charge in [-0.05, 0) is 67.8 Å². The molecule has 0 bridgehead atoms. The zero-order chi connectivity index (χ0) is 15.6. The molecule has 2 nitrogen and oxygen atoms in total. The topological polar surface area (TPSA) is 35.2 Å². The molecule has 1 aromatic rings. The van der Waals surface area contributed by atoms with Gasteiger partial charge in [0.1, 0.15) is 11.9 Å². The second-order valence-corrected chi connectivity index (χ2v) is 7.85. The molecule has 0 aliphatic heterocycles. The highest BCUT2D eigenvalue weighted by Gasteiger charge is 2.36. The highest BCUT2D eigenvalue weighted by molar-refractivity contribution is 6.31. The smallest absolute Gasteiger partial charge is 0.120 e. The first-order valence-corrected chi connectivity index (χ1v) is 8.32. The van der Waals surface area contributed by atoms with Crippen molar-refractivity contribution < 1.29 is 4.74 Å². The van der Waals surface area contributed by atoms with E-state index in [1.54, 1.807) is 0 Å². The summed E-state index contributed by atoms with van der Waals surface area (Å²) in [7, 11) is 0. The molecule has 0 spiro atoms. The predicted octanol–water partition coefficient (Wildman–Crippen LogP) is 4.82. The van der Waals surface area contributed by atoms with Gasteiger partial charge in [0.2, 0.25) is 0 Å². The number of halogens is 1. The largest absolute Gasteiger partial charge is 0.490 e. The molecular weight excluding hydrogens is 282 g/mol. The van der Waals surface area contributed by atoms with Crippen molar-refractivity contribution in [1.29, 1.82) is 0 Å². The summed E-state index contributed by atoms with van der Waals surface area (Å²) in [5.41, 5.74) is 7.34. The summed E-state index contributed by atoms with van der Waals surface area (Å²) >= 11 is 6.09. The van der Waals surface area contributed by atoms with Crippen molar-refractivity contribution in [1.82, 2.24) is 0 Å². The summed E-state index contributed by atoms with van der Waals surface area (Å²) in [6, 6.07) is 5.90. The van der Waals surface area contributed by atoms with E-state index >= 15 is 0 Å². The third kappa shape index (κ3) is 4.14. The van der Waals surface area contributed by atoms with Gasteiger partial charge in [-0.2, -0.15) is 0 Å². The minimum Gasteiger partial charge on any atom is -0.490 e. The summed E-state index contributed by atoms with van der Waals surface area (Å²) in [5, 5.41) is 0.786. The van der Waals surface area contributed by atoms with Gasteiger partial charge in [0, 0.05) is 10.9 Å². The first-order valence-electron chi connectivity index (χ1n) is 7.94. The fraction of sp³-hybridized carbons (Fsp3) is 0.667. The van der Waals surface area contributed by atoms with Gasteiger partial charge in [-0.3, -0.25) is 0 Å². The Balaban J connectivity index is 2.12. The van der Waals surface area contributed by atoms with E-state index in [1.807, 2.05) is 25.1 Å². The van der Waals surface area contributed by atoms with E-state index in [2.05, 4.69) is 20.8 Å². The molecule has 2 rings (SSSR count). The number of hydrogen-bond acceptors (Lipinski definition) is 2. The van der Waals surface area contributed by atoms with E-state index in [0.29, 0.717) is 23.8 Å². The molecule has 118 valence electrons. The van der Waals surface area contributed by atoms with Crippen LogP contribution in [-0.4, -0.2) is 12.6 Å². The van der Waals surface area contributed by atoms with Crippen molar-refractivity contribution in [2.24, 2.45) is 23.0 Å². The summed E-state index contributed by atoms with van der Waals surface area (Å²) in [6.45, 7) is 9.68. The molecule has 0 heterocycles. The molecule has 3 heteroatoms. The molecule has 0 saturated heterocycles. The maximum absolute atomic E-state index is 6.28. The van der Waals surface area contributed by atoms with Crippen LogP contribution in [0.1, 0.15) is 45.6 Å². The summed E-state index contributed by atoms with van der Waals surface area (Å²) in [4.78, 5) is 0. The van der Waals surface area contributed by atoms with Crippen LogP contribution in [0, 0.1) is 24.2 Å². The first kappa shape index (κ1) is 16.6. The Labute approximate surface area is 134 Å². The fourth-order valence-electron chi connectivity index (χ4n) is 3.26. The lowest BCUT2D eigenvalue weighted by Crippen LogP contribution is -2.41. The quantitative estimate of drug-likeness (QED) is 0.869. The Morgan fingerprint density at radius 2 is 2.00 bits per heavy atom. The monoisotopic (exact) mass is 309 g/mol. The van der Waals surface area contributed by atoms with Crippen LogP contribution in [0.5, 0.6) is 5.75 Å². The Kier molecular flexibility index (Phi) is 5.21. The molecule has 3 atom stereocenters. The lowest BCUT2D eigenvalue weighted by Gasteiger charge is -2.41. The molecule has 1 saturated carbocycles. The maximum Gasteiger partial charge on any atom is 0.120 e. The van der Waals surface area contributed by atoms with Crippen molar-refractivity contribution in [3.05, 3.63) is 28.8 Å². The average molecular weight is 310 g/mol. The van der Waals surface area contributed by atoms with E-state index in [4.69, 9.17) is 22.1 Å². The number of nitrogens with two attached hydrogens (primary N) is 1. The van der Waals surface area contributed by atoms with Gasteiger partial charge in [0.15, 0.2) is 0 Å². The zero-order valence-corrected chi connectivity index (χ0v) is 14.4. The number of benzene rings is 1. The molecule has 21 heavy (non-hydrogen) atoms. The van der Waals surface area contributed by atoms with Crippen LogP contribution < -0.4 is 10.5 Å². The standard InChI is InChI=1S/C18H28ClNO/c1-12-9-15(7-8-16(12)19)21-17-10-14(18(2,3)4)6-5-13(17)11-20/h7-9,13-14,17H,5-6,10-11,20H2,1-4H3. The second kappa shape index (κ2) is 6.58. The van der Waals surface area contributed by atoms with Gasteiger partial charge in [-0.1, -0.05) is 32.4 Å². The summed E-state index contributed by atoms with van der Waals surface area (Å²) in [6.07, 6.45) is 3.72. The van der Waals surface area contributed by atoms with Gasteiger partial charge in [0.05, 0.1) is 0 Å². The average Bonchev–Trinajstić information content (AvgIpc) is 2.42. The van der Waals surface area contributed by atoms with Gasteiger partial charge < -0.3 is 10.5 Å². The van der Waals surface area contributed by atoms with Crippen LogP contribution in [0.15, 0.2) is 18.2 Å². The number of hydrogen-bond donors (Lipinski definition) is 1. The van der Waals surface area contributed by atoms with Crippen molar-refractivity contribution in [2.75, 3.05) is 6.54 Å². The lowest BCUT2D eigenvalue weighted by molar-refractivity contribution is 0.0331. The molecule has 0 aromatic heterocycles. The third-order valence-electron chi connectivity index (χ3n) is 4.87. The number of ether oxygens (including phenoxy) is 1. The molecule has 1 fully saturated rings. The normalized spacial score (nSPS) is 26.7. The van der Waals surface area contributed by atoms with Crippen LogP contribution in [0.3, 0.4) is 0 Å². The lowest BCUT2D eigenvalue weighted by atomic mass is 9.68. The third-order valence-corrected chi connectivity index (χ3v) is 5.30. The Morgan fingerprint density at radius 1 is 1.29 bits per heavy atom. The van der Waals surface area contributed by atoms with E-state index in [-0.39, 0.29) is 6.10 Å². The van der Waals surface area contributed by atoms with Crippen LogP contribution in [0.4, 0.5) is 0 Å². The molecule has 2 N–H and O–H groups in total. The number of rotatable bonds is 3. The van der Waals surface area contributed by atoms with Crippen molar-refractivity contribution >= 4 is 11.6 Å². The van der Waals surface area contributed by atoms with Gasteiger partial charge in [-0.25, -0.2) is 0 Å². The van der Waals surface area contributed by atoms with Crippen LogP contribution >= 0.6 is 11.6 Å². The van der Waals surface area contributed by atoms with Gasteiger partial charge >= 0.3 is 0 Å². The molecular formula is C18H28ClNO. The van der Waals surface area contributed by atoms with E-state index in [0.717, 1.165) is 29.2 Å². The Bertz CT molecular complexity index is 481. The zero-order valence-electron chi connectivity index (χ0n) is 13.7. The van der Waals surface area contributed by atoms with Crippen molar-refractivity contribution in [3.8, 4) is 5.75 Å². The van der Waals surface area contributed by atoms with Gasteiger partial charge in [0.25, 0.3) is 0 Å². The van der Waals surface area contributed by atoms with E-state index < -0.39 is 0 Å². The predicted molar refractivity (Wildman–Crippen MR) is 89.9 cm³/mol. The minimum atomic E-state index is 0.216. The molecule has 1 aromatic carbocycles. The SMILES string of the molecule is Cc1cc(OC2CC(C(C)(C)C)CCC2CN)ccc1Cl. The fourth-order valence-corrected chi connectivity index (χ4v) is 3.38. The minimum absolute atomic E-state index is 0.216. The van der Waals surface area contributed by atoms with Crippen LogP contribution in [-0.2, 0) is 0 Å². The van der Waals surface area contributed by atoms with Crippen molar-refractivity contribution in [3.63, 3.8) is 0 Å². The molecule has 0 amide bonds. The number of aryl methyl sites for hydroxylation is 1. The highest BCUT2D eigenvalue weighted by Crippen LogP contribution is 2.41. The molecule has 0 radical (unpaired) electrons. The molecule has 1 aliphatic carbocycles. The van der Waals surface area contributed by atoms with Crippen LogP contribution in [0.2, 0.25) is 5.02 Å². The van der Waals surface area contributed by atoms with Gasteiger partial charge in [-0.15, -0.1) is 0 Å². The van der Waals surface area contributed by atoms with E-state index in [1.165, 1.54) is 6.42 Å².